The predicted molar refractivity (Wildman–Crippen MR) is 143 cm³/mol. The molecule has 3 heterocycles. The first-order chi connectivity index (χ1) is 18.6. The van der Waals surface area contributed by atoms with Crippen LogP contribution in [0, 0.1) is 0 Å². The van der Waals surface area contributed by atoms with Crippen LogP contribution < -0.4 is 4.90 Å². The average molecular weight is 513 g/mol. The number of carbonyl (C=O) groups excluding carboxylic acids is 2. The molecule has 0 radical (unpaired) electrons. The Morgan fingerprint density at radius 3 is 2.18 bits per heavy atom. The summed E-state index contributed by atoms with van der Waals surface area (Å²) in [5, 5.41) is 9.46. The highest BCUT2D eigenvalue weighted by atomic mass is 16.7. The number of carbonyl (C=O) groups is 2. The molecule has 7 nitrogen and oxygen atoms in total. The zero-order valence-electron chi connectivity index (χ0n) is 21.3. The standard InChI is InChI=1S/C31H32N2O5/c34-20-21-11-13-22(14-12-21)28-18-25(19-32-15-4-1-5-16-32)37-31(38-28)23-7-6-8-24(17-23)33-29(35)26-9-2-3-10-27(26)30(33)36/h2-3,6-14,17,25,28,31,34H,1,4-5,15-16,18-20H2/t25-,28+,31+/m0/s1. The number of fused-ring (bicyclic) bond motifs is 1. The van der Waals surface area contributed by atoms with Gasteiger partial charge in [-0.2, -0.15) is 0 Å². The van der Waals surface area contributed by atoms with E-state index in [4.69, 9.17) is 9.47 Å². The van der Waals surface area contributed by atoms with E-state index in [0.717, 1.165) is 42.7 Å². The lowest BCUT2D eigenvalue weighted by molar-refractivity contribution is -0.253. The van der Waals surface area contributed by atoms with Gasteiger partial charge in [-0.1, -0.05) is 55.0 Å². The molecule has 7 heteroatoms. The van der Waals surface area contributed by atoms with E-state index < -0.39 is 6.29 Å². The lowest BCUT2D eigenvalue weighted by Gasteiger charge is -2.39. The maximum atomic E-state index is 13.1. The Morgan fingerprint density at radius 1 is 0.789 bits per heavy atom. The number of hydrogen-bond donors (Lipinski definition) is 1. The van der Waals surface area contributed by atoms with Crippen LogP contribution in [0.5, 0.6) is 0 Å². The van der Waals surface area contributed by atoms with Gasteiger partial charge in [-0.05, 0) is 61.3 Å². The molecule has 38 heavy (non-hydrogen) atoms. The van der Waals surface area contributed by atoms with Crippen molar-refractivity contribution in [1.29, 1.82) is 0 Å². The SMILES string of the molecule is O=C1c2ccccc2C(=O)N1c1cccc([C@@H]2O[C@H](CN3CCCCC3)C[C@H](c3ccc(CO)cc3)O2)c1. The molecule has 0 saturated carbocycles. The first-order valence-corrected chi connectivity index (χ1v) is 13.4. The maximum absolute atomic E-state index is 13.1. The molecule has 196 valence electrons. The third kappa shape index (κ3) is 4.90. The van der Waals surface area contributed by atoms with Crippen molar-refractivity contribution in [2.24, 2.45) is 0 Å². The molecule has 0 aromatic heterocycles. The third-order valence-electron chi connectivity index (χ3n) is 7.72. The van der Waals surface area contributed by atoms with Crippen molar-refractivity contribution < 1.29 is 24.2 Å². The molecule has 0 aliphatic carbocycles. The second kappa shape index (κ2) is 10.8. The van der Waals surface area contributed by atoms with Gasteiger partial charge in [0.2, 0.25) is 0 Å². The van der Waals surface area contributed by atoms with E-state index in [-0.39, 0.29) is 30.6 Å². The minimum Gasteiger partial charge on any atom is -0.392 e. The van der Waals surface area contributed by atoms with E-state index in [1.165, 1.54) is 24.2 Å². The van der Waals surface area contributed by atoms with E-state index in [0.29, 0.717) is 16.8 Å². The number of hydrogen-bond acceptors (Lipinski definition) is 6. The van der Waals surface area contributed by atoms with Crippen molar-refractivity contribution in [3.63, 3.8) is 0 Å². The number of aliphatic hydroxyl groups is 1. The van der Waals surface area contributed by atoms with Crippen LogP contribution in [0.15, 0.2) is 72.8 Å². The van der Waals surface area contributed by atoms with Gasteiger partial charge >= 0.3 is 0 Å². The van der Waals surface area contributed by atoms with Gasteiger partial charge in [0.25, 0.3) is 11.8 Å². The fourth-order valence-corrected chi connectivity index (χ4v) is 5.70. The van der Waals surface area contributed by atoms with E-state index in [1.807, 2.05) is 42.5 Å². The van der Waals surface area contributed by atoms with Gasteiger partial charge in [-0.15, -0.1) is 0 Å². The summed E-state index contributed by atoms with van der Waals surface area (Å²) in [7, 11) is 0. The van der Waals surface area contributed by atoms with Crippen molar-refractivity contribution in [3.8, 4) is 0 Å². The lowest BCUT2D eigenvalue weighted by Crippen LogP contribution is -2.41. The Labute approximate surface area is 222 Å². The molecule has 3 aromatic carbocycles. The highest BCUT2D eigenvalue weighted by molar-refractivity contribution is 6.34. The van der Waals surface area contributed by atoms with E-state index in [2.05, 4.69) is 4.90 Å². The van der Waals surface area contributed by atoms with Crippen LogP contribution >= 0.6 is 0 Å². The zero-order chi connectivity index (χ0) is 26.1. The van der Waals surface area contributed by atoms with Crippen molar-refractivity contribution in [3.05, 3.63) is 101 Å². The Morgan fingerprint density at radius 2 is 1.50 bits per heavy atom. The van der Waals surface area contributed by atoms with Gasteiger partial charge in [0.15, 0.2) is 6.29 Å². The molecular formula is C31H32N2O5. The molecule has 0 unspecified atom stereocenters. The Kier molecular flexibility index (Phi) is 7.08. The number of piperidine rings is 1. The molecule has 6 rings (SSSR count). The topological polar surface area (TPSA) is 79.3 Å². The van der Waals surface area contributed by atoms with Crippen molar-refractivity contribution in [1.82, 2.24) is 4.90 Å². The van der Waals surface area contributed by atoms with Crippen LogP contribution in [0.3, 0.4) is 0 Å². The molecule has 0 bridgehead atoms. The van der Waals surface area contributed by atoms with Crippen LogP contribution in [0.2, 0.25) is 0 Å². The number of likely N-dealkylation sites (tertiary alicyclic amines) is 1. The second-order valence-corrected chi connectivity index (χ2v) is 10.3. The first-order valence-electron chi connectivity index (χ1n) is 13.4. The largest absolute Gasteiger partial charge is 0.392 e. The second-order valence-electron chi connectivity index (χ2n) is 10.3. The van der Waals surface area contributed by atoms with Crippen molar-refractivity contribution >= 4 is 17.5 Å². The number of benzene rings is 3. The van der Waals surface area contributed by atoms with E-state index >= 15 is 0 Å². The minimum absolute atomic E-state index is 0.000272. The Bertz CT molecular complexity index is 1280. The summed E-state index contributed by atoms with van der Waals surface area (Å²) in [6.45, 7) is 3.00. The van der Waals surface area contributed by atoms with Crippen LogP contribution in [0.25, 0.3) is 0 Å². The highest BCUT2D eigenvalue weighted by Gasteiger charge is 2.38. The van der Waals surface area contributed by atoms with Crippen molar-refractivity contribution in [2.75, 3.05) is 24.5 Å². The summed E-state index contributed by atoms with van der Waals surface area (Å²) in [4.78, 5) is 29.9. The smallest absolute Gasteiger partial charge is 0.266 e. The molecule has 3 atom stereocenters. The highest BCUT2D eigenvalue weighted by Crippen LogP contribution is 2.39. The molecule has 3 aliphatic rings. The van der Waals surface area contributed by atoms with Crippen LogP contribution in [-0.2, 0) is 16.1 Å². The summed E-state index contributed by atoms with van der Waals surface area (Å²) < 4.78 is 13.0. The van der Waals surface area contributed by atoms with Crippen LogP contribution in [-0.4, -0.2) is 47.6 Å². The normalized spacial score (nSPS) is 24.0. The Hall–Kier alpha value is -3.36. The van der Waals surface area contributed by atoms with Crippen LogP contribution in [0.1, 0.15) is 75.5 Å². The summed E-state index contributed by atoms with van der Waals surface area (Å²) in [6.07, 6.45) is 3.57. The molecule has 2 amide bonds. The summed E-state index contributed by atoms with van der Waals surface area (Å²) in [5.74, 6) is -0.642. The zero-order valence-corrected chi connectivity index (χ0v) is 21.3. The van der Waals surface area contributed by atoms with Gasteiger partial charge in [-0.25, -0.2) is 4.90 Å². The predicted octanol–water partition coefficient (Wildman–Crippen LogP) is 5.01. The fourth-order valence-electron chi connectivity index (χ4n) is 5.70. The number of nitrogens with zero attached hydrogens (tertiary/aromatic N) is 2. The van der Waals surface area contributed by atoms with Gasteiger partial charge < -0.3 is 19.5 Å². The average Bonchev–Trinajstić information content (AvgIpc) is 3.23. The summed E-state index contributed by atoms with van der Waals surface area (Å²) >= 11 is 0. The molecule has 0 spiro atoms. The number of anilines is 1. The summed E-state index contributed by atoms with van der Waals surface area (Å²) in [5.41, 5.74) is 4.00. The fraction of sp³-hybridized carbons (Fsp3) is 0.355. The van der Waals surface area contributed by atoms with Gasteiger partial charge in [0.1, 0.15) is 0 Å². The number of ether oxygens (including phenoxy) is 2. The molecule has 2 fully saturated rings. The first kappa shape index (κ1) is 24.9. The van der Waals surface area contributed by atoms with Crippen molar-refractivity contribution in [2.45, 2.75) is 50.8 Å². The number of imide groups is 1. The van der Waals surface area contributed by atoms with Gasteiger partial charge in [0, 0.05) is 18.5 Å². The quantitative estimate of drug-likeness (QED) is 0.468. The minimum atomic E-state index is -0.642. The molecule has 1 N–H and O–H groups in total. The monoisotopic (exact) mass is 512 g/mol. The molecule has 3 aromatic rings. The molecular weight excluding hydrogens is 480 g/mol. The number of rotatable bonds is 6. The Balaban J connectivity index is 1.27. The number of aliphatic hydroxyl groups excluding tert-OH is 1. The summed E-state index contributed by atoms with van der Waals surface area (Å²) in [6, 6.07) is 22.1. The van der Waals surface area contributed by atoms with E-state index in [1.54, 1.807) is 30.3 Å². The third-order valence-corrected chi connectivity index (χ3v) is 7.72. The van der Waals surface area contributed by atoms with E-state index in [9.17, 15) is 14.7 Å². The number of amides is 2. The maximum Gasteiger partial charge on any atom is 0.266 e. The lowest BCUT2D eigenvalue weighted by atomic mass is 9.99. The van der Waals surface area contributed by atoms with Gasteiger partial charge in [-0.3, -0.25) is 9.59 Å². The molecule has 3 aliphatic heterocycles. The molecule has 2 saturated heterocycles. The van der Waals surface area contributed by atoms with Gasteiger partial charge in [0.05, 0.1) is 35.6 Å². The van der Waals surface area contributed by atoms with Crippen LogP contribution in [0.4, 0.5) is 5.69 Å².